The Labute approximate surface area is 236 Å². The van der Waals surface area contributed by atoms with Crippen molar-refractivity contribution in [3.05, 3.63) is 0 Å². The second-order valence-corrected chi connectivity index (χ2v) is 11.3. The van der Waals surface area contributed by atoms with E-state index in [0.717, 1.165) is 51.4 Å². The molecule has 40 heavy (non-hydrogen) atoms. The van der Waals surface area contributed by atoms with Crippen LogP contribution >= 0.6 is 0 Å². The van der Waals surface area contributed by atoms with Crippen LogP contribution in [0.1, 0.15) is 90.4 Å². The Bertz CT molecular complexity index is 723. The summed E-state index contributed by atoms with van der Waals surface area (Å²) < 4.78 is 28.6. The van der Waals surface area contributed by atoms with Crippen molar-refractivity contribution in [2.24, 2.45) is 0 Å². The minimum Gasteiger partial charge on any atom is -0.457 e. The smallest absolute Gasteiger partial charge is 0.306 e. The molecule has 0 aromatic carbocycles. The second-order valence-electron chi connectivity index (χ2n) is 11.3. The highest BCUT2D eigenvalue weighted by Crippen LogP contribution is 2.31. The lowest BCUT2D eigenvalue weighted by Crippen LogP contribution is -2.65. The SMILES string of the molecule is CC1CCCCCCCCCCCCCC(=O)OC2C(CO)OC(OC3C(O1)OC(CO)C(O)C3O)C(O)C2O. The van der Waals surface area contributed by atoms with Gasteiger partial charge in [0.25, 0.3) is 0 Å². The van der Waals surface area contributed by atoms with Gasteiger partial charge in [0.15, 0.2) is 18.7 Å². The number of hydrogen-bond donors (Lipinski definition) is 6. The number of esters is 1. The van der Waals surface area contributed by atoms with Crippen molar-refractivity contribution in [2.75, 3.05) is 13.2 Å². The van der Waals surface area contributed by atoms with E-state index >= 15 is 0 Å². The monoisotopic (exact) mass is 578 g/mol. The normalized spacial score (nSPS) is 42.4. The summed E-state index contributed by atoms with van der Waals surface area (Å²) in [5.41, 5.74) is 0. The second kappa shape index (κ2) is 17.3. The number of ether oxygens (including phenoxy) is 5. The van der Waals surface area contributed by atoms with Crippen LogP contribution in [0.2, 0.25) is 0 Å². The summed E-state index contributed by atoms with van der Waals surface area (Å²) >= 11 is 0. The highest BCUT2D eigenvalue weighted by Gasteiger charge is 2.52. The summed E-state index contributed by atoms with van der Waals surface area (Å²) in [6, 6.07) is 0. The maximum absolute atomic E-state index is 12.5. The average Bonchev–Trinajstić information content (AvgIpc) is 2.94. The summed E-state index contributed by atoms with van der Waals surface area (Å²) in [6.45, 7) is 0.643. The minimum absolute atomic E-state index is 0.143. The zero-order valence-electron chi connectivity index (χ0n) is 23.6. The van der Waals surface area contributed by atoms with Crippen LogP contribution < -0.4 is 0 Å². The number of fused-ring (bicyclic) bond motifs is 18. The first-order valence-corrected chi connectivity index (χ1v) is 15.0. The lowest BCUT2D eigenvalue weighted by molar-refractivity contribution is -0.371. The molecule has 0 aromatic heterocycles. The van der Waals surface area contributed by atoms with E-state index in [4.69, 9.17) is 23.7 Å². The summed E-state index contributed by atoms with van der Waals surface area (Å²) in [6.07, 6.45) is -2.25. The molecule has 4 aliphatic heterocycles. The fourth-order valence-corrected chi connectivity index (χ4v) is 5.58. The molecule has 12 nitrogen and oxygen atoms in total. The first-order valence-electron chi connectivity index (χ1n) is 15.0. The maximum atomic E-state index is 12.5. The van der Waals surface area contributed by atoms with Crippen LogP contribution in [0.25, 0.3) is 0 Å². The van der Waals surface area contributed by atoms with Crippen molar-refractivity contribution in [1.29, 1.82) is 0 Å². The molecule has 0 radical (unpaired) electrons. The third-order valence-electron chi connectivity index (χ3n) is 8.06. The highest BCUT2D eigenvalue weighted by atomic mass is 16.8. The van der Waals surface area contributed by atoms with Crippen molar-refractivity contribution < 1.29 is 59.1 Å². The molecular formula is C28H50O12. The fourth-order valence-electron chi connectivity index (χ4n) is 5.58. The molecule has 4 heterocycles. The van der Waals surface area contributed by atoms with Crippen LogP contribution in [0.15, 0.2) is 0 Å². The number of rotatable bonds is 2. The van der Waals surface area contributed by atoms with E-state index < -0.39 is 80.6 Å². The molecule has 0 saturated carbocycles. The van der Waals surface area contributed by atoms with Gasteiger partial charge in [0, 0.05) is 6.42 Å². The zero-order chi connectivity index (χ0) is 29.1. The van der Waals surface area contributed by atoms with Crippen molar-refractivity contribution in [3.8, 4) is 0 Å². The van der Waals surface area contributed by atoms with Crippen LogP contribution in [0.4, 0.5) is 0 Å². The summed E-state index contributed by atoms with van der Waals surface area (Å²) in [4.78, 5) is 12.5. The lowest BCUT2D eigenvalue weighted by Gasteiger charge is -2.46. The molecule has 12 heteroatoms. The summed E-state index contributed by atoms with van der Waals surface area (Å²) in [7, 11) is 0. The number of aliphatic hydroxyl groups is 6. The van der Waals surface area contributed by atoms with Gasteiger partial charge in [-0.1, -0.05) is 64.2 Å². The van der Waals surface area contributed by atoms with Crippen molar-refractivity contribution >= 4 is 5.97 Å². The standard InChI is InChI=1S/C28H50O12/c1-17-13-11-9-7-5-3-2-4-6-8-10-12-14-20(31)39-25-19(16-30)38-27(24(35)23(25)34)40-26-22(33)21(32)18(15-29)37-28(26)36-17/h17-19,21-30,32-35H,2-16H2,1H3. The molecule has 6 N–H and O–H groups in total. The van der Waals surface area contributed by atoms with E-state index in [-0.39, 0.29) is 12.5 Å². The summed E-state index contributed by atoms with van der Waals surface area (Å²) in [5, 5.41) is 62.4. The molecule has 11 unspecified atom stereocenters. The Balaban J connectivity index is 1.74. The van der Waals surface area contributed by atoms with Gasteiger partial charge < -0.3 is 54.3 Å². The van der Waals surface area contributed by atoms with Crippen LogP contribution in [0, 0.1) is 0 Å². The topological polar surface area (TPSA) is 185 Å². The third kappa shape index (κ3) is 9.55. The molecule has 2 bridgehead atoms. The van der Waals surface area contributed by atoms with E-state index in [1.165, 1.54) is 19.3 Å². The van der Waals surface area contributed by atoms with E-state index in [1.807, 2.05) is 6.92 Å². The van der Waals surface area contributed by atoms with Gasteiger partial charge in [0.2, 0.25) is 0 Å². The van der Waals surface area contributed by atoms with Crippen molar-refractivity contribution in [3.63, 3.8) is 0 Å². The van der Waals surface area contributed by atoms with Gasteiger partial charge in [0.1, 0.15) is 42.7 Å². The van der Waals surface area contributed by atoms with Gasteiger partial charge in [-0.25, -0.2) is 0 Å². The molecule has 4 aliphatic rings. The first kappa shape index (κ1) is 33.6. The van der Waals surface area contributed by atoms with Gasteiger partial charge in [-0.15, -0.1) is 0 Å². The zero-order valence-corrected chi connectivity index (χ0v) is 23.6. The Morgan fingerprint density at radius 2 is 1.12 bits per heavy atom. The molecule has 0 aliphatic carbocycles. The number of carbonyl (C=O) groups excluding carboxylic acids is 1. The molecule has 0 spiro atoms. The molecule has 4 rings (SSSR count). The van der Waals surface area contributed by atoms with Crippen LogP contribution in [0.3, 0.4) is 0 Å². The van der Waals surface area contributed by atoms with Crippen molar-refractivity contribution in [2.45, 2.75) is 158 Å². The Hall–Kier alpha value is -0.930. The van der Waals surface area contributed by atoms with Gasteiger partial charge in [0.05, 0.1) is 19.3 Å². The fraction of sp³-hybridized carbons (Fsp3) is 0.964. The number of aliphatic hydroxyl groups excluding tert-OH is 6. The molecule has 234 valence electrons. The average molecular weight is 579 g/mol. The van der Waals surface area contributed by atoms with Gasteiger partial charge in [-0.2, -0.15) is 0 Å². The molecule has 4 saturated heterocycles. The molecule has 11 atom stereocenters. The van der Waals surface area contributed by atoms with Crippen molar-refractivity contribution in [1.82, 2.24) is 0 Å². The first-order chi connectivity index (χ1) is 19.3. The molecular weight excluding hydrogens is 528 g/mol. The van der Waals surface area contributed by atoms with E-state index in [2.05, 4.69) is 0 Å². The molecule has 0 aromatic rings. The Morgan fingerprint density at radius 3 is 1.73 bits per heavy atom. The van der Waals surface area contributed by atoms with Crippen LogP contribution in [-0.2, 0) is 28.5 Å². The van der Waals surface area contributed by atoms with Gasteiger partial charge in [-0.05, 0) is 19.8 Å². The predicted octanol–water partition coefficient (Wildman–Crippen LogP) is 0.651. The Kier molecular flexibility index (Phi) is 14.5. The van der Waals surface area contributed by atoms with E-state index in [9.17, 15) is 35.4 Å². The summed E-state index contributed by atoms with van der Waals surface area (Å²) in [5.74, 6) is -0.566. The van der Waals surface area contributed by atoms with Gasteiger partial charge in [-0.3, -0.25) is 4.79 Å². The number of hydrogen-bond acceptors (Lipinski definition) is 12. The van der Waals surface area contributed by atoms with Gasteiger partial charge >= 0.3 is 5.97 Å². The maximum Gasteiger partial charge on any atom is 0.306 e. The highest BCUT2D eigenvalue weighted by molar-refractivity contribution is 5.69. The third-order valence-corrected chi connectivity index (χ3v) is 8.06. The van der Waals surface area contributed by atoms with E-state index in [0.29, 0.717) is 6.42 Å². The minimum atomic E-state index is -1.72. The quantitative estimate of drug-likeness (QED) is 0.252. The van der Waals surface area contributed by atoms with Crippen LogP contribution in [0.5, 0.6) is 0 Å². The van der Waals surface area contributed by atoms with E-state index in [1.54, 1.807) is 0 Å². The molecule has 4 fully saturated rings. The predicted molar refractivity (Wildman–Crippen MR) is 141 cm³/mol. The van der Waals surface area contributed by atoms with Crippen LogP contribution in [-0.4, -0.2) is 117 Å². The lowest BCUT2D eigenvalue weighted by atomic mass is 9.97. The Morgan fingerprint density at radius 1 is 0.600 bits per heavy atom. The largest absolute Gasteiger partial charge is 0.457 e. The molecule has 0 amide bonds. The number of carbonyl (C=O) groups is 1.